The van der Waals surface area contributed by atoms with Gasteiger partial charge in [-0.2, -0.15) is 0 Å². The van der Waals surface area contributed by atoms with Gasteiger partial charge < -0.3 is 0 Å². The molecule has 0 saturated carbocycles. The molecule has 1 saturated heterocycles. The van der Waals surface area contributed by atoms with Crippen molar-refractivity contribution in [1.82, 2.24) is 0 Å². The van der Waals surface area contributed by atoms with Crippen LogP contribution >= 0.6 is 0 Å². The Bertz CT molecular complexity index is 170. The van der Waals surface area contributed by atoms with Crippen molar-refractivity contribution < 1.29 is 0 Å². The quantitative estimate of drug-likeness (QED) is 0.476. The topological polar surface area (TPSA) is 0 Å². The van der Waals surface area contributed by atoms with E-state index in [1.165, 1.54) is 12.1 Å². The van der Waals surface area contributed by atoms with E-state index in [9.17, 15) is 0 Å². The van der Waals surface area contributed by atoms with Gasteiger partial charge in [0.15, 0.2) is 0 Å². The van der Waals surface area contributed by atoms with E-state index in [4.69, 9.17) is 0 Å². The third kappa shape index (κ3) is 1.99. The van der Waals surface area contributed by atoms with Crippen molar-refractivity contribution in [3.8, 4) is 0 Å². The zero-order valence-electron chi connectivity index (χ0n) is 8.40. The first-order valence-corrected chi connectivity index (χ1v) is 11.0. The van der Waals surface area contributed by atoms with Crippen molar-refractivity contribution in [3.05, 3.63) is 25.3 Å². The highest BCUT2D eigenvalue weighted by Crippen LogP contribution is 2.45. The minimum absolute atomic E-state index is 0.773. The van der Waals surface area contributed by atoms with E-state index in [2.05, 4.69) is 38.4 Å². The van der Waals surface area contributed by atoms with Crippen molar-refractivity contribution in [1.29, 1.82) is 0 Å². The summed E-state index contributed by atoms with van der Waals surface area (Å²) >= 11 is 0. The molecule has 1 aliphatic heterocycles. The van der Waals surface area contributed by atoms with Gasteiger partial charge in [-0.15, -0.1) is 13.2 Å². The molecule has 0 unspecified atom stereocenters. The minimum Gasteiger partial charge on any atom is -0.103 e. The lowest BCUT2D eigenvalue weighted by molar-refractivity contribution is 1.25. The first kappa shape index (κ1) is 10.00. The Hall–Kier alpha value is -0.0862. The van der Waals surface area contributed by atoms with Gasteiger partial charge in [-0.1, -0.05) is 36.6 Å². The van der Waals surface area contributed by atoms with Crippen LogP contribution in [0.3, 0.4) is 0 Å². The summed E-state index contributed by atoms with van der Waals surface area (Å²) in [4.78, 5) is 0. The fraction of sp³-hybridized carbons (Fsp3) is 0.600. The van der Waals surface area contributed by atoms with Crippen LogP contribution in [-0.2, 0) is 0 Å². The molecule has 0 spiro atoms. The molecule has 0 aromatic heterocycles. The van der Waals surface area contributed by atoms with E-state index in [-0.39, 0.29) is 0 Å². The van der Waals surface area contributed by atoms with Crippen molar-refractivity contribution in [2.24, 2.45) is 0 Å². The molecule has 0 radical (unpaired) electrons. The van der Waals surface area contributed by atoms with Gasteiger partial charge in [-0.3, -0.25) is 0 Å². The lowest BCUT2D eigenvalue weighted by Crippen LogP contribution is -2.58. The molecule has 1 aliphatic rings. The van der Waals surface area contributed by atoms with Gasteiger partial charge in [0.2, 0.25) is 0 Å². The van der Waals surface area contributed by atoms with Crippen LogP contribution in [0.5, 0.6) is 0 Å². The molecule has 12 heavy (non-hydrogen) atoms. The van der Waals surface area contributed by atoms with E-state index in [1.54, 1.807) is 11.3 Å². The van der Waals surface area contributed by atoms with Gasteiger partial charge in [0.1, 0.15) is 0 Å². The second-order valence-corrected chi connectivity index (χ2v) is 15.8. The fourth-order valence-corrected chi connectivity index (χ4v) is 22.8. The Morgan fingerprint density at radius 1 is 1.00 bits per heavy atom. The van der Waals surface area contributed by atoms with Gasteiger partial charge in [0.25, 0.3) is 0 Å². The summed E-state index contributed by atoms with van der Waals surface area (Å²) in [7, 11) is -1.55. The van der Waals surface area contributed by atoms with Gasteiger partial charge in [-0.05, 0) is 12.1 Å². The number of hydrogen-bond acceptors (Lipinski definition) is 0. The van der Waals surface area contributed by atoms with Crippen LogP contribution in [0.1, 0.15) is 0 Å². The Labute approximate surface area is 78.4 Å². The molecule has 1 rings (SSSR count). The van der Waals surface area contributed by atoms with Crippen molar-refractivity contribution in [3.63, 3.8) is 0 Å². The van der Waals surface area contributed by atoms with Crippen LogP contribution in [0.25, 0.3) is 0 Å². The Balaban J connectivity index is 2.43. The summed E-state index contributed by atoms with van der Waals surface area (Å²) in [6, 6.07) is 2.68. The third-order valence-electron chi connectivity index (χ3n) is 2.98. The van der Waals surface area contributed by atoms with Crippen LogP contribution in [-0.4, -0.2) is 16.1 Å². The monoisotopic (exact) mass is 196 g/mol. The Kier molecular flexibility index (Phi) is 2.78. The molecule has 1 fully saturated rings. The Morgan fingerprint density at radius 3 is 1.58 bits per heavy atom. The summed E-state index contributed by atoms with van der Waals surface area (Å²) < 4.78 is 0. The molecule has 0 aromatic carbocycles. The van der Waals surface area contributed by atoms with Crippen molar-refractivity contribution in [2.45, 2.75) is 36.5 Å². The molecule has 2 heteroatoms. The van der Waals surface area contributed by atoms with Crippen LogP contribution in [0.15, 0.2) is 25.3 Å². The maximum Gasteiger partial charge on any atom is 0.0490 e. The van der Waals surface area contributed by atoms with Crippen LogP contribution in [0, 0.1) is 0 Å². The average molecular weight is 196 g/mol. The molecular weight excluding hydrogens is 176 g/mol. The van der Waals surface area contributed by atoms with Gasteiger partial charge in [0, 0.05) is 16.1 Å². The summed E-state index contributed by atoms with van der Waals surface area (Å²) in [6.07, 6.45) is 4.27. The molecule has 0 nitrogen and oxygen atoms in total. The molecule has 0 bridgehead atoms. The smallest absolute Gasteiger partial charge is 0.0490 e. The largest absolute Gasteiger partial charge is 0.103 e. The normalized spacial score (nSPS) is 40.2. The molecule has 0 atom stereocenters. The predicted molar refractivity (Wildman–Crippen MR) is 62.9 cm³/mol. The van der Waals surface area contributed by atoms with E-state index >= 15 is 0 Å². The van der Waals surface area contributed by atoms with Crippen LogP contribution in [0.2, 0.25) is 36.5 Å². The number of allylic oxidation sites excluding steroid dienone is 2. The average Bonchev–Trinajstić information content (AvgIpc) is 1.84. The van der Waals surface area contributed by atoms with Crippen molar-refractivity contribution in [2.75, 3.05) is 0 Å². The summed E-state index contributed by atoms with van der Waals surface area (Å²) in [5, 5.41) is 0. The van der Waals surface area contributed by atoms with E-state index in [0.717, 1.165) is 0 Å². The first-order chi connectivity index (χ1) is 5.54. The SMILES string of the molecule is C=CC[Si]1(C)C[Si](C)(CC=C)C1. The van der Waals surface area contributed by atoms with Gasteiger partial charge >= 0.3 is 0 Å². The van der Waals surface area contributed by atoms with E-state index < -0.39 is 16.1 Å². The maximum absolute atomic E-state index is 3.85. The summed E-state index contributed by atoms with van der Waals surface area (Å²) in [5.41, 5.74) is 3.22. The molecule has 0 aromatic rings. The third-order valence-corrected chi connectivity index (χ3v) is 19.2. The fourth-order valence-electron chi connectivity index (χ4n) is 2.99. The Morgan fingerprint density at radius 2 is 1.33 bits per heavy atom. The lowest BCUT2D eigenvalue weighted by atomic mass is 10.8. The minimum atomic E-state index is -0.773. The van der Waals surface area contributed by atoms with Crippen LogP contribution in [0.4, 0.5) is 0 Å². The second-order valence-electron chi connectivity index (χ2n) is 4.96. The predicted octanol–water partition coefficient (Wildman–Crippen LogP) is 3.61. The zero-order chi connectivity index (χ0) is 9.24. The molecule has 0 N–H and O–H groups in total. The molecule has 0 aliphatic carbocycles. The molecule has 0 amide bonds. The lowest BCUT2D eigenvalue weighted by Gasteiger charge is -2.50. The number of hydrogen-bond donors (Lipinski definition) is 0. The zero-order valence-corrected chi connectivity index (χ0v) is 10.4. The first-order valence-electron chi connectivity index (χ1n) is 4.75. The molecule has 1 heterocycles. The summed E-state index contributed by atoms with van der Waals surface area (Å²) in [5.74, 6) is 0. The highest BCUT2D eigenvalue weighted by molar-refractivity contribution is 7.13. The standard InChI is InChI=1S/C10H20Si2/c1-5-7-11(3)9-12(4,10-11)8-6-2/h5-6H,1-2,7-10H2,3-4H3. The molecule has 68 valence electrons. The maximum atomic E-state index is 3.85. The highest BCUT2D eigenvalue weighted by atomic mass is 28.5. The van der Waals surface area contributed by atoms with Crippen LogP contribution < -0.4 is 0 Å². The molecular formula is C10H20Si2. The van der Waals surface area contributed by atoms with Crippen molar-refractivity contribution >= 4 is 16.1 Å². The summed E-state index contributed by atoms with van der Waals surface area (Å²) in [6.45, 7) is 12.8. The van der Waals surface area contributed by atoms with E-state index in [1.807, 2.05) is 0 Å². The van der Waals surface area contributed by atoms with Gasteiger partial charge in [-0.25, -0.2) is 0 Å². The highest BCUT2D eigenvalue weighted by Gasteiger charge is 2.49. The number of rotatable bonds is 4. The van der Waals surface area contributed by atoms with E-state index in [0.29, 0.717) is 0 Å². The van der Waals surface area contributed by atoms with Gasteiger partial charge in [0.05, 0.1) is 0 Å². The second kappa shape index (κ2) is 3.34.